The van der Waals surface area contributed by atoms with Gasteiger partial charge in [0, 0.05) is 31.2 Å². The van der Waals surface area contributed by atoms with Gasteiger partial charge < -0.3 is 5.73 Å². The van der Waals surface area contributed by atoms with Crippen molar-refractivity contribution in [3.05, 3.63) is 36.7 Å². The van der Waals surface area contributed by atoms with Gasteiger partial charge in [-0.15, -0.1) is 0 Å². The lowest BCUT2D eigenvalue weighted by atomic mass is 10.3. The summed E-state index contributed by atoms with van der Waals surface area (Å²) in [5.74, 6) is 1.87. The SMILES string of the molecule is CCCc1nccn1-c1nc(N)nc(-n2cccn2)n1. The van der Waals surface area contributed by atoms with Crippen molar-refractivity contribution in [1.29, 1.82) is 0 Å². The third kappa shape index (κ3) is 2.22. The third-order valence-corrected chi connectivity index (χ3v) is 2.74. The fourth-order valence-corrected chi connectivity index (χ4v) is 1.89. The van der Waals surface area contributed by atoms with Crippen LogP contribution in [0.1, 0.15) is 19.2 Å². The summed E-state index contributed by atoms with van der Waals surface area (Å²) in [5, 5.41) is 4.09. The summed E-state index contributed by atoms with van der Waals surface area (Å²) in [6.45, 7) is 2.09. The van der Waals surface area contributed by atoms with Crippen molar-refractivity contribution in [2.45, 2.75) is 19.8 Å². The van der Waals surface area contributed by atoms with Crippen LogP contribution in [-0.4, -0.2) is 34.3 Å². The molecule has 3 aromatic heterocycles. The number of hydrogen-bond acceptors (Lipinski definition) is 6. The molecule has 0 atom stereocenters. The molecule has 3 aromatic rings. The second-order valence-corrected chi connectivity index (χ2v) is 4.21. The van der Waals surface area contributed by atoms with Crippen LogP contribution in [0.15, 0.2) is 30.9 Å². The Morgan fingerprint density at radius 1 is 1.10 bits per heavy atom. The maximum absolute atomic E-state index is 5.76. The van der Waals surface area contributed by atoms with E-state index >= 15 is 0 Å². The molecule has 20 heavy (non-hydrogen) atoms. The van der Waals surface area contributed by atoms with Crippen LogP contribution >= 0.6 is 0 Å². The molecule has 0 fully saturated rings. The lowest BCUT2D eigenvalue weighted by Gasteiger charge is -2.07. The normalized spacial score (nSPS) is 10.8. The lowest BCUT2D eigenvalue weighted by Crippen LogP contribution is -2.12. The largest absolute Gasteiger partial charge is 0.368 e. The quantitative estimate of drug-likeness (QED) is 0.751. The molecule has 102 valence electrons. The van der Waals surface area contributed by atoms with Gasteiger partial charge in [0.05, 0.1) is 0 Å². The molecule has 0 radical (unpaired) electrons. The zero-order valence-electron chi connectivity index (χ0n) is 11.0. The standard InChI is InChI=1S/C12H14N8/c1-2-4-9-14-6-8-19(9)11-16-10(13)17-12(18-11)20-7-3-5-15-20/h3,5-8H,2,4H2,1H3,(H2,13,16,17,18). The summed E-state index contributed by atoms with van der Waals surface area (Å²) < 4.78 is 3.35. The van der Waals surface area contributed by atoms with E-state index in [0.717, 1.165) is 18.7 Å². The van der Waals surface area contributed by atoms with Crippen LogP contribution in [-0.2, 0) is 6.42 Å². The van der Waals surface area contributed by atoms with E-state index in [2.05, 4.69) is 32.0 Å². The summed E-state index contributed by atoms with van der Waals surface area (Å²) in [6.07, 6.45) is 8.77. The molecule has 0 aliphatic rings. The van der Waals surface area contributed by atoms with Crippen molar-refractivity contribution in [1.82, 2.24) is 34.3 Å². The first-order valence-electron chi connectivity index (χ1n) is 6.32. The number of imidazole rings is 1. The molecule has 0 saturated carbocycles. The highest BCUT2D eigenvalue weighted by molar-refractivity contribution is 5.29. The molecule has 0 aromatic carbocycles. The van der Waals surface area contributed by atoms with E-state index < -0.39 is 0 Å². The fourth-order valence-electron chi connectivity index (χ4n) is 1.89. The molecule has 0 aliphatic heterocycles. The number of nitrogens with two attached hydrogens (primary N) is 1. The van der Waals surface area contributed by atoms with Gasteiger partial charge >= 0.3 is 0 Å². The summed E-state index contributed by atoms with van der Waals surface area (Å²) in [5.41, 5.74) is 5.76. The minimum Gasteiger partial charge on any atom is -0.368 e. The Morgan fingerprint density at radius 2 is 1.95 bits per heavy atom. The molecule has 8 heteroatoms. The zero-order valence-corrected chi connectivity index (χ0v) is 11.0. The lowest BCUT2D eigenvalue weighted by molar-refractivity contribution is 0.748. The third-order valence-electron chi connectivity index (χ3n) is 2.74. The molecule has 2 N–H and O–H groups in total. The summed E-state index contributed by atoms with van der Waals surface area (Å²) in [6, 6.07) is 1.79. The van der Waals surface area contributed by atoms with Gasteiger partial charge in [0.15, 0.2) is 0 Å². The molecular weight excluding hydrogens is 256 g/mol. The number of rotatable bonds is 4. The smallest absolute Gasteiger partial charge is 0.257 e. The molecule has 8 nitrogen and oxygen atoms in total. The molecule has 0 bridgehead atoms. The number of nitrogens with zero attached hydrogens (tertiary/aromatic N) is 7. The maximum Gasteiger partial charge on any atom is 0.257 e. The van der Waals surface area contributed by atoms with Crippen molar-refractivity contribution in [2.75, 3.05) is 5.73 Å². The summed E-state index contributed by atoms with van der Waals surface area (Å²) in [4.78, 5) is 16.9. The zero-order chi connectivity index (χ0) is 13.9. The van der Waals surface area contributed by atoms with Gasteiger partial charge in [-0.05, 0) is 12.5 Å². The Balaban J connectivity index is 2.08. The van der Waals surface area contributed by atoms with Gasteiger partial charge in [-0.3, -0.25) is 4.57 Å². The second kappa shape index (κ2) is 5.08. The van der Waals surface area contributed by atoms with Crippen molar-refractivity contribution in [3.8, 4) is 11.9 Å². The van der Waals surface area contributed by atoms with Crippen LogP contribution in [0.5, 0.6) is 0 Å². The van der Waals surface area contributed by atoms with Crippen LogP contribution in [0, 0.1) is 0 Å². The second-order valence-electron chi connectivity index (χ2n) is 4.21. The average molecular weight is 270 g/mol. The van der Waals surface area contributed by atoms with Crippen LogP contribution in [0.4, 0.5) is 5.95 Å². The molecule has 0 saturated heterocycles. The molecule has 0 aliphatic carbocycles. The molecule has 3 heterocycles. The molecule has 0 unspecified atom stereocenters. The number of aryl methyl sites for hydroxylation is 1. The van der Waals surface area contributed by atoms with Crippen LogP contribution in [0.2, 0.25) is 0 Å². The van der Waals surface area contributed by atoms with E-state index in [1.165, 1.54) is 4.68 Å². The monoisotopic (exact) mass is 270 g/mol. The fraction of sp³-hybridized carbons (Fsp3) is 0.250. The summed E-state index contributed by atoms with van der Waals surface area (Å²) in [7, 11) is 0. The van der Waals surface area contributed by atoms with Gasteiger partial charge in [0.25, 0.3) is 5.95 Å². The maximum atomic E-state index is 5.76. The van der Waals surface area contributed by atoms with Crippen molar-refractivity contribution in [2.24, 2.45) is 0 Å². The van der Waals surface area contributed by atoms with Gasteiger partial charge in [-0.1, -0.05) is 6.92 Å². The van der Waals surface area contributed by atoms with Crippen molar-refractivity contribution in [3.63, 3.8) is 0 Å². The van der Waals surface area contributed by atoms with Gasteiger partial charge in [0.1, 0.15) is 5.82 Å². The van der Waals surface area contributed by atoms with E-state index in [1.54, 1.807) is 24.7 Å². The highest BCUT2D eigenvalue weighted by Gasteiger charge is 2.11. The first-order chi connectivity index (χ1) is 9.78. The molecule has 0 spiro atoms. The van der Waals surface area contributed by atoms with E-state index in [1.807, 2.05) is 10.8 Å². The Hall–Kier alpha value is -2.77. The predicted molar refractivity (Wildman–Crippen MR) is 72.5 cm³/mol. The van der Waals surface area contributed by atoms with Crippen LogP contribution in [0.3, 0.4) is 0 Å². The topological polar surface area (TPSA) is 100 Å². The molecule has 0 amide bonds. The highest BCUT2D eigenvalue weighted by Crippen LogP contribution is 2.10. The number of aromatic nitrogens is 7. The van der Waals surface area contributed by atoms with E-state index in [4.69, 9.17) is 5.73 Å². The first-order valence-corrected chi connectivity index (χ1v) is 6.32. The molecular formula is C12H14N8. The van der Waals surface area contributed by atoms with Gasteiger partial charge in [0.2, 0.25) is 11.9 Å². The van der Waals surface area contributed by atoms with Crippen LogP contribution in [0.25, 0.3) is 11.9 Å². The number of hydrogen-bond donors (Lipinski definition) is 1. The average Bonchev–Trinajstić information content (AvgIpc) is 3.09. The number of anilines is 1. The van der Waals surface area contributed by atoms with Gasteiger partial charge in [-0.25, -0.2) is 9.67 Å². The highest BCUT2D eigenvalue weighted by atomic mass is 15.4. The minimum atomic E-state index is 0.150. The summed E-state index contributed by atoms with van der Waals surface area (Å²) >= 11 is 0. The Kier molecular flexibility index (Phi) is 3.12. The minimum absolute atomic E-state index is 0.150. The van der Waals surface area contributed by atoms with Crippen molar-refractivity contribution >= 4 is 5.95 Å². The number of nitrogen functional groups attached to an aromatic ring is 1. The Labute approximate surface area is 115 Å². The van der Waals surface area contributed by atoms with E-state index in [-0.39, 0.29) is 5.95 Å². The Morgan fingerprint density at radius 3 is 2.70 bits per heavy atom. The van der Waals surface area contributed by atoms with Crippen LogP contribution < -0.4 is 5.73 Å². The molecule has 3 rings (SSSR count). The van der Waals surface area contributed by atoms with E-state index in [9.17, 15) is 0 Å². The first kappa shape index (κ1) is 12.3. The Bertz CT molecular complexity index is 700. The van der Waals surface area contributed by atoms with Crippen molar-refractivity contribution < 1.29 is 0 Å². The predicted octanol–water partition coefficient (Wildman–Crippen LogP) is 0.778. The van der Waals surface area contributed by atoms with Gasteiger partial charge in [-0.2, -0.15) is 20.1 Å². The van der Waals surface area contributed by atoms with E-state index in [0.29, 0.717) is 11.9 Å².